The predicted molar refractivity (Wildman–Crippen MR) is 102 cm³/mol. The second kappa shape index (κ2) is 10.9. The molecule has 0 aromatic carbocycles. The molecule has 0 bridgehead atoms. The van der Waals surface area contributed by atoms with E-state index in [0.29, 0.717) is 6.42 Å². The minimum atomic E-state index is -0.964. The monoisotopic (exact) mass is 409 g/mol. The highest BCUT2D eigenvalue weighted by atomic mass is 16.2. The number of nitrogens with two attached hydrogens (primary N) is 1. The Bertz CT molecular complexity index is 700. The summed E-state index contributed by atoms with van der Waals surface area (Å²) in [6.45, 7) is 4.49. The smallest absolute Gasteiger partial charge is 0.312 e. The summed E-state index contributed by atoms with van der Waals surface area (Å²) in [5.41, 5.74) is 4.97. The molecule has 0 spiro atoms. The van der Waals surface area contributed by atoms with E-state index in [1.54, 1.807) is 13.8 Å². The summed E-state index contributed by atoms with van der Waals surface area (Å²) in [4.78, 5) is 71.2. The van der Waals surface area contributed by atoms with Crippen molar-refractivity contribution in [3.63, 3.8) is 0 Å². The van der Waals surface area contributed by atoms with Gasteiger partial charge in [-0.1, -0.05) is 13.8 Å². The number of rotatable bonds is 11. The molecule has 0 unspecified atom stereocenters. The zero-order valence-corrected chi connectivity index (χ0v) is 16.7. The van der Waals surface area contributed by atoms with E-state index >= 15 is 0 Å². The van der Waals surface area contributed by atoms with Crippen LogP contribution in [0.3, 0.4) is 0 Å². The third-order valence-corrected chi connectivity index (χ3v) is 4.24. The first-order valence-electron chi connectivity index (χ1n) is 9.20. The molecule has 6 amide bonds. The van der Waals surface area contributed by atoms with Crippen molar-refractivity contribution in [3.05, 3.63) is 12.2 Å². The van der Waals surface area contributed by atoms with E-state index < -0.39 is 48.3 Å². The van der Waals surface area contributed by atoms with Gasteiger partial charge in [0.25, 0.3) is 11.8 Å². The zero-order valence-electron chi connectivity index (χ0n) is 16.7. The number of urea groups is 1. The van der Waals surface area contributed by atoms with Crippen LogP contribution in [-0.4, -0.2) is 65.5 Å². The van der Waals surface area contributed by atoms with E-state index in [1.165, 1.54) is 6.92 Å². The molecule has 2 atom stereocenters. The molecule has 0 aromatic heterocycles. The van der Waals surface area contributed by atoms with Gasteiger partial charge < -0.3 is 21.7 Å². The van der Waals surface area contributed by atoms with Crippen molar-refractivity contribution in [2.45, 2.75) is 45.7 Å². The first kappa shape index (κ1) is 23.8. The third-order valence-electron chi connectivity index (χ3n) is 4.24. The van der Waals surface area contributed by atoms with Gasteiger partial charge in [0.2, 0.25) is 11.8 Å². The van der Waals surface area contributed by atoms with E-state index in [9.17, 15) is 28.8 Å². The first-order valence-corrected chi connectivity index (χ1v) is 9.20. The molecule has 160 valence electrons. The second-order valence-electron chi connectivity index (χ2n) is 6.99. The molecule has 0 aromatic rings. The summed E-state index contributed by atoms with van der Waals surface area (Å²) < 4.78 is 0. The largest absolute Gasteiger partial charge is 0.352 e. The van der Waals surface area contributed by atoms with Crippen LogP contribution < -0.4 is 21.7 Å². The van der Waals surface area contributed by atoms with Gasteiger partial charge in [-0.3, -0.25) is 28.9 Å². The number of nitrogens with one attached hydrogen (secondary N) is 3. The van der Waals surface area contributed by atoms with E-state index in [4.69, 9.17) is 5.73 Å². The standard InChI is InChI=1S/C18H27N5O6/c1-10(2)16(22-13(25)9-23-14(26)6-7-15(23)27)17(28)21-12(11(3)24)5-4-8-20-18(19)29/h6-7,10,12,16H,4-5,8-9H2,1-3H3,(H,21,28)(H,22,25)(H3,19,20,29)/t12-,16-/m1/s1. The lowest BCUT2D eigenvalue weighted by molar-refractivity contribution is -0.141. The Morgan fingerprint density at radius 3 is 2.14 bits per heavy atom. The molecule has 0 fully saturated rings. The number of amides is 6. The summed E-state index contributed by atoms with van der Waals surface area (Å²) in [6.07, 6.45) is 2.82. The van der Waals surface area contributed by atoms with Gasteiger partial charge in [0.15, 0.2) is 5.78 Å². The summed E-state index contributed by atoms with van der Waals surface area (Å²) in [6, 6.07) is -2.43. The highest BCUT2D eigenvalue weighted by molar-refractivity contribution is 6.14. The number of primary amides is 1. The van der Waals surface area contributed by atoms with Crippen molar-refractivity contribution >= 4 is 35.4 Å². The Labute approximate surface area is 168 Å². The van der Waals surface area contributed by atoms with Gasteiger partial charge in [0, 0.05) is 18.7 Å². The third kappa shape index (κ3) is 7.72. The first-order chi connectivity index (χ1) is 13.5. The fraction of sp³-hybridized carbons (Fsp3) is 0.556. The van der Waals surface area contributed by atoms with Crippen molar-refractivity contribution in [2.75, 3.05) is 13.1 Å². The fourth-order valence-electron chi connectivity index (χ4n) is 2.64. The predicted octanol–water partition coefficient (Wildman–Crippen LogP) is -1.43. The molecule has 0 aliphatic carbocycles. The van der Waals surface area contributed by atoms with E-state index in [0.717, 1.165) is 17.1 Å². The van der Waals surface area contributed by atoms with Crippen molar-refractivity contribution in [1.82, 2.24) is 20.9 Å². The lowest BCUT2D eigenvalue weighted by Crippen LogP contribution is -2.55. The number of Topliss-reactive ketones (excluding diaryl/α,β-unsaturated/α-hetero) is 1. The second-order valence-corrected chi connectivity index (χ2v) is 6.99. The molecule has 0 saturated heterocycles. The Hall–Kier alpha value is -3.24. The quantitative estimate of drug-likeness (QED) is 0.241. The Balaban J connectivity index is 2.66. The van der Waals surface area contributed by atoms with Crippen molar-refractivity contribution < 1.29 is 28.8 Å². The number of hydrogen-bond donors (Lipinski definition) is 4. The lowest BCUT2D eigenvalue weighted by atomic mass is 10.0. The molecule has 1 aliphatic rings. The van der Waals surface area contributed by atoms with Crippen molar-refractivity contribution in [2.24, 2.45) is 11.7 Å². The topological polar surface area (TPSA) is 168 Å². The molecule has 1 heterocycles. The average Bonchev–Trinajstić information content (AvgIpc) is 2.93. The number of ketones is 1. The van der Waals surface area contributed by atoms with Gasteiger partial charge in [0.05, 0.1) is 6.04 Å². The van der Waals surface area contributed by atoms with Gasteiger partial charge in [0.1, 0.15) is 12.6 Å². The van der Waals surface area contributed by atoms with Crippen molar-refractivity contribution in [3.8, 4) is 0 Å². The highest BCUT2D eigenvalue weighted by Gasteiger charge is 2.30. The van der Waals surface area contributed by atoms with E-state index in [2.05, 4.69) is 16.0 Å². The molecule has 0 saturated carbocycles. The van der Waals surface area contributed by atoms with E-state index in [-0.39, 0.29) is 24.7 Å². The van der Waals surface area contributed by atoms with Gasteiger partial charge in [-0.05, 0) is 25.7 Å². The van der Waals surface area contributed by atoms with Gasteiger partial charge in [-0.15, -0.1) is 0 Å². The summed E-state index contributed by atoms with van der Waals surface area (Å²) in [5.74, 6) is -3.02. The van der Waals surface area contributed by atoms with Crippen LogP contribution in [0.15, 0.2) is 12.2 Å². The molecule has 11 nitrogen and oxygen atoms in total. The maximum absolute atomic E-state index is 12.6. The van der Waals surface area contributed by atoms with Gasteiger partial charge >= 0.3 is 6.03 Å². The minimum absolute atomic E-state index is 0.255. The molecule has 1 rings (SSSR count). The number of nitrogens with zero attached hydrogens (tertiary/aromatic N) is 1. The highest BCUT2D eigenvalue weighted by Crippen LogP contribution is 2.07. The number of carbonyl (C=O) groups is 6. The molecule has 1 aliphatic heterocycles. The van der Waals surface area contributed by atoms with Crippen LogP contribution in [0.4, 0.5) is 4.79 Å². The van der Waals surface area contributed by atoms with Crippen LogP contribution in [0, 0.1) is 5.92 Å². The molecule has 11 heteroatoms. The van der Waals surface area contributed by atoms with Crippen LogP contribution in [0.2, 0.25) is 0 Å². The normalized spacial score (nSPS) is 15.2. The molecule has 0 radical (unpaired) electrons. The van der Waals surface area contributed by atoms with Crippen molar-refractivity contribution in [1.29, 1.82) is 0 Å². The average molecular weight is 409 g/mol. The Kier molecular flexibility index (Phi) is 8.97. The summed E-state index contributed by atoms with van der Waals surface area (Å²) in [5, 5.41) is 7.49. The maximum Gasteiger partial charge on any atom is 0.312 e. The number of carbonyl (C=O) groups excluding carboxylic acids is 6. The number of hydrogen-bond acceptors (Lipinski definition) is 6. The van der Waals surface area contributed by atoms with Crippen LogP contribution in [0.5, 0.6) is 0 Å². The lowest BCUT2D eigenvalue weighted by Gasteiger charge is -2.25. The molecular formula is C18H27N5O6. The van der Waals surface area contributed by atoms with E-state index in [1.807, 2.05) is 0 Å². The SMILES string of the molecule is CC(=O)[C@@H](CCCNC(N)=O)NC(=O)[C@H](NC(=O)CN1C(=O)C=CC1=O)C(C)C. The van der Waals surface area contributed by atoms with Crippen LogP contribution >= 0.6 is 0 Å². The maximum atomic E-state index is 12.6. The Morgan fingerprint density at radius 2 is 1.66 bits per heavy atom. The summed E-state index contributed by atoms with van der Waals surface area (Å²) >= 11 is 0. The summed E-state index contributed by atoms with van der Waals surface area (Å²) in [7, 11) is 0. The van der Waals surface area contributed by atoms with Crippen LogP contribution in [0.1, 0.15) is 33.6 Å². The molecular weight excluding hydrogens is 382 g/mol. The van der Waals surface area contributed by atoms with Gasteiger partial charge in [-0.2, -0.15) is 0 Å². The van der Waals surface area contributed by atoms with Crippen LogP contribution in [-0.2, 0) is 24.0 Å². The molecule has 5 N–H and O–H groups in total. The van der Waals surface area contributed by atoms with Gasteiger partial charge in [-0.25, -0.2) is 4.79 Å². The minimum Gasteiger partial charge on any atom is -0.352 e. The van der Waals surface area contributed by atoms with Crippen LogP contribution in [0.25, 0.3) is 0 Å². The zero-order chi connectivity index (χ0) is 22.1. The number of imide groups is 1. The Morgan fingerprint density at radius 1 is 1.07 bits per heavy atom. The molecule has 29 heavy (non-hydrogen) atoms. The fourth-order valence-corrected chi connectivity index (χ4v) is 2.64.